The zero-order valence-corrected chi connectivity index (χ0v) is 9.99. The van der Waals surface area contributed by atoms with Crippen molar-refractivity contribution in [3.8, 4) is 0 Å². The van der Waals surface area contributed by atoms with Crippen molar-refractivity contribution >= 4 is 11.8 Å². The third kappa shape index (κ3) is 2.61. The molecule has 0 aliphatic heterocycles. The van der Waals surface area contributed by atoms with Crippen LogP contribution in [0.1, 0.15) is 46.0 Å². The highest BCUT2D eigenvalue weighted by Crippen LogP contribution is 2.38. The van der Waals surface area contributed by atoms with E-state index in [0.717, 1.165) is 12.8 Å². The number of carbonyl (C=O) groups is 2. The Morgan fingerprint density at radius 3 is 2.75 bits per heavy atom. The van der Waals surface area contributed by atoms with Gasteiger partial charge >= 0.3 is 5.97 Å². The van der Waals surface area contributed by atoms with Gasteiger partial charge in [-0.1, -0.05) is 6.42 Å². The van der Waals surface area contributed by atoms with E-state index < -0.39 is 17.5 Å². The van der Waals surface area contributed by atoms with Crippen LogP contribution in [0.4, 0.5) is 0 Å². The molecule has 0 aromatic rings. The van der Waals surface area contributed by atoms with Gasteiger partial charge in [-0.3, -0.25) is 9.59 Å². The molecule has 1 N–H and O–H groups in total. The second kappa shape index (κ2) is 5.43. The molecule has 0 heterocycles. The molecule has 0 aromatic carbocycles. The van der Waals surface area contributed by atoms with Crippen molar-refractivity contribution in [1.82, 2.24) is 0 Å². The van der Waals surface area contributed by atoms with Gasteiger partial charge in [-0.2, -0.15) is 0 Å². The lowest BCUT2D eigenvalue weighted by molar-refractivity contribution is -0.164. The molecule has 2 unspecified atom stereocenters. The van der Waals surface area contributed by atoms with Crippen LogP contribution in [0.2, 0.25) is 0 Å². The number of aliphatic hydroxyl groups excluding tert-OH is 1. The number of ketones is 1. The highest BCUT2D eigenvalue weighted by molar-refractivity contribution is 6.04. The summed E-state index contributed by atoms with van der Waals surface area (Å²) in [5.41, 5.74) is -1.08. The molecular formula is C12H20O4. The normalized spacial score (nSPS) is 27.6. The van der Waals surface area contributed by atoms with Crippen LogP contribution in [0.5, 0.6) is 0 Å². The maximum absolute atomic E-state index is 12.0. The number of hydrogen-bond acceptors (Lipinski definition) is 4. The van der Waals surface area contributed by atoms with Crippen LogP contribution in [-0.2, 0) is 14.3 Å². The highest BCUT2D eigenvalue weighted by atomic mass is 16.5. The van der Waals surface area contributed by atoms with Gasteiger partial charge in [0.15, 0.2) is 0 Å². The van der Waals surface area contributed by atoms with Crippen LogP contribution in [0.3, 0.4) is 0 Å². The summed E-state index contributed by atoms with van der Waals surface area (Å²) >= 11 is 0. The fourth-order valence-corrected chi connectivity index (χ4v) is 2.38. The van der Waals surface area contributed by atoms with E-state index >= 15 is 0 Å². The zero-order chi connectivity index (χ0) is 12.2. The fourth-order valence-electron chi connectivity index (χ4n) is 2.38. The summed E-state index contributed by atoms with van der Waals surface area (Å²) in [6, 6.07) is 0. The standard InChI is InChI=1S/C12H20O4/c1-3-16-11(15)12(8-9(2)13)7-5-4-6-10(12)14/h9,13H,3-8H2,1-2H3. The average molecular weight is 228 g/mol. The molecule has 2 atom stereocenters. The van der Waals surface area contributed by atoms with Gasteiger partial charge in [-0.05, 0) is 33.1 Å². The summed E-state index contributed by atoms with van der Waals surface area (Å²) in [5, 5.41) is 9.44. The summed E-state index contributed by atoms with van der Waals surface area (Å²) in [4.78, 5) is 23.9. The molecule has 0 amide bonds. The van der Waals surface area contributed by atoms with Crippen LogP contribution in [0.15, 0.2) is 0 Å². The molecule has 1 aliphatic rings. The molecule has 0 bridgehead atoms. The van der Waals surface area contributed by atoms with Crippen molar-refractivity contribution in [2.75, 3.05) is 6.61 Å². The molecule has 4 heteroatoms. The van der Waals surface area contributed by atoms with Gasteiger partial charge in [0.2, 0.25) is 0 Å². The van der Waals surface area contributed by atoms with Gasteiger partial charge in [-0.15, -0.1) is 0 Å². The van der Waals surface area contributed by atoms with E-state index in [9.17, 15) is 14.7 Å². The van der Waals surface area contributed by atoms with Crippen LogP contribution >= 0.6 is 0 Å². The van der Waals surface area contributed by atoms with E-state index in [2.05, 4.69) is 0 Å². The van der Waals surface area contributed by atoms with E-state index in [-0.39, 0.29) is 18.8 Å². The Bertz CT molecular complexity index is 272. The quantitative estimate of drug-likeness (QED) is 0.584. The van der Waals surface area contributed by atoms with Crippen LogP contribution < -0.4 is 0 Å². The number of hydrogen-bond donors (Lipinski definition) is 1. The maximum atomic E-state index is 12.0. The molecular weight excluding hydrogens is 208 g/mol. The second-order valence-electron chi connectivity index (χ2n) is 4.49. The van der Waals surface area contributed by atoms with E-state index in [1.54, 1.807) is 13.8 Å². The third-order valence-corrected chi connectivity index (χ3v) is 3.10. The van der Waals surface area contributed by atoms with Crippen molar-refractivity contribution in [3.63, 3.8) is 0 Å². The Hall–Kier alpha value is -0.900. The van der Waals surface area contributed by atoms with E-state index in [1.807, 2.05) is 0 Å². The van der Waals surface area contributed by atoms with Crippen LogP contribution in [0, 0.1) is 5.41 Å². The van der Waals surface area contributed by atoms with Crippen molar-refractivity contribution in [2.45, 2.75) is 52.1 Å². The number of ether oxygens (including phenoxy) is 1. The molecule has 4 nitrogen and oxygen atoms in total. The van der Waals surface area contributed by atoms with Crippen molar-refractivity contribution in [1.29, 1.82) is 0 Å². The Kier molecular flexibility index (Phi) is 4.47. The van der Waals surface area contributed by atoms with Gasteiger partial charge in [-0.25, -0.2) is 0 Å². The number of aliphatic hydroxyl groups is 1. The van der Waals surface area contributed by atoms with E-state index in [0.29, 0.717) is 12.8 Å². The summed E-state index contributed by atoms with van der Waals surface area (Å²) in [6.45, 7) is 3.60. The van der Waals surface area contributed by atoms with Gasteiger partial charge in [0.1, 0.15) is 11.2 Å². The van der Waals surface area contributed by atoms with Gasteiger partial charge < -0.3 is 9.84 Å². The van der Waals surface area contributed by atoms with Crippen molar-refractivity contribution in [2.24, 2.45) is 5.41 Å². The first-order valence-corrected chi connectivity index (χ1v) is 5.91. The number of rotatable bonds is 4. The Balaban J connectivity index is 2.90. The van der Waals surface area contributed by atoms with Gasteiger partial charge in [0.25, 0.3) is 0 Å². The predicted octanol–water partition coefficient (Wildman–Crippen LogP) is 1.45. The Morgan fingerprint density at radius 2 is 2.25 bits per heavy atom. The number of esters is 1. The molecule has 0 radical (unpaired) electrons. The monoisotopic (exact) mass is 228 g/mol. The lowest BCUT2D eigenvalue weighted by atomic mass is 9.69. The zero-order valence-electron chi connectivity index (χ0n) is 9.99. The Labute approximate surface area is 96.0 Å². The summed E-state index contributed by atoms with van der Waals surface area (Å²) in [6.07, 6.45) is 2.13. The first-order chi connectivity index (χ1) is 7.53. The van der Waals surface area contributed by atoms with Crippen LogP contribution in [0.25, 0.3) is 0 Å². The number of Topliss-reactive ketones (excluding diaryl/α,β-unsaturated/α-hetero) is 1. The van der Waals surface area contributed by atoms with Crippen molar-refractivity contribution in [3.05, 3.63) is 0 Å². The molecule has 92 valence electrons. The van der Waals surface area contributed by atoms with Crippen LogP contribution in [-0.4, -0.2) is 29.6 Å². The second-order valence-corrected chi connectivity index (χ2v) is 4.49. The molecule has 16 heavy (non-hydrogen) atoms. The lowest BCUT2D eigenvalue weighted by Gasteiger charge is -2.34. The minimum atomic E-state index is -1.08. The molecule has 1 fully saturated rings. The third-order valence-electron chi connectivity index (χ3n) is 3.10. The Morgan fingerprint density at radius 1 is 1.56 bits per heavy atom. The topological polar surface area (TPSA) is 63.6 Å². The maximum Gasteiger partial charge on any atom is 0.319 e. The highest BCUT2D eigenvalue weighted by Gasteiger charge is 2.48. The number of carbonyl (C=O) groups excluding carboxylic acids is 2. The SMILES string of the molecule is CCOC(=O)C1(CC(C)O)CCCCC1=O. The molecule has 0 spiro atoms. The van der Waals surface area contributed by atoms with E-state index in [4.69, 9.17) is 4.74 Å². The molecule has 1 aliphatic carbocycles. The fraction of sp³-hybridized carbons (Fsp3) is 0.833. The van der Waals surface area contributed by atoms with Crippen molar-refractivity contribution < 1.29 is 19.4 Å². The van der Waals surface area contributed by atoms with Gasteiger partial charge in [0.05, 0.1) is 12.7 Å². The first kappa shape index (κ1) is 13.2. The molecule has 0 saturated heterocycles. The predicted molar refractivity (Wildman–Crippen MR) is 58.8 cm³/mol. The average Bonchev–Trinajstić information content (AvgIpc) is 2.21. The lowest BCUT2D eigenvalue weighted by Crippen LogP contribution is -2.44. The summed E-state index contributed by atoms with van der Waals surface area (Å²) in [7, 11) is 0. The summed E-state index contributed by atoms with van der Waals surface area (Å²) in [5.74, 6) is -0.529. The van der Waals surface area contributed by atoms with E-state index in [1.165, 1.54) is 0 Å². The largest absolute Gasteiger partial charge is 0.465 e. The van der Waals surface area contributed by atoms with Gasteiger partial charge in [0, 0.05) is 6.42 Å². The first-order valence-electron chi connectivity index (χ1n) is 5.91. The minimum Gasteiger partial charge on any atom is -0.465 e. The smallest absolute Gasteiger partial charge is 0.319 e. The summed E-state index contributed by atoms with van der Waals surface area (Å²) < 4.78 is 4.99. The molecule has 0 aromatic heterocycles. The molecule has 1 rings (SSSR count). The minimum absolute atomic E-state index is 0.0712. The molecule has 1 saturated carbocycles.